The van der Waals surface area contributed by atoms with Crippen LogP contribution in [-0.4, -0.2) is 72.4 Å². The van der Waals surface area contributed by atoms with E-state index in [2.05, 4.69) is 15.5 Å². The van der Waals surface area contributed by atoms with Gasteiger partial charge < -0.3 is 30.6 Å². The van der Waals surface area contributed by atoms with Gasteiger partial charge in [0, 0.05) is 5.38 Å². The number of oxime groups is 1. The molecule has 0 aliphatic carbocycles. The molecule has 12 nitrogen and oxygen atoms in total. The molecule has 0 saturated carbocycles. The van der Waals surface area contributed by atoms with Gasteiger partial charge in [-0.1, -0.05) is 5.16 Å². The lowest BCUT2D eigenvalue weighted by Crippen LogP contribution is -2.60. The highest BCUT2D eigenvalue weighted by atomic mass is 32.2. The number of aliphatic carboxylic acids is 1. The van der Waals surface area contributed by atoms with Gasteiger partial charge in [0.05, 0.1) is 11.8 Å². The smallest absolute Gasteiger partial charge is 0.353 e. The molecule has 0 bridgehead atoms. The molecule has 3 unspecified atom stereocenters. The molecule has 33 heavy (non-hydrogen) atoms. The number of nitrogens with two attached hydrogens (primary N) is 1. The van der Waals surface area contributed by atoms with Crippen molar-refractivity contribution in [3.63, 3.8) is 0 Å². The lowest BCUT2D eigenvalue weighted by molar-refractivity contribution is -0.179. The summed E-state index contributed by atoms with van der Waals surface area (Å²) < 4.78 is 5.32. The fourth-order valence-electron chi connectivity index (χ4n) is 2.98. The van der Waals surface area contributed by atoms with E-state index in [1.54, 1.807) is 20.8 Å². The molecule has 0 spiro atoms. The van der Waals surface area contributed by atoms with E-state index in [-0.39, 0.29) is 34.2 Å². The molecule has 0 aromatic carbocycles. The summed E-state index contributed by atoms with van der Waals surface area (Å²) >= 11 is 2.14. The van der Waals surface area contributed by atoms with Crippen molar-refractivity contribution in [2.24, 2.45) is 5.16 Å². The van der Waals surface area contributed by atoms with E-state index in [0.29, 0.717) is 0 Å². The van der Waals surface area contributed by atoms with Gasteiger partial charge in [0.2, 0.25) is 11.5 Å². The van der Waals surface area contributed by atoms with E-state index < -0.39 is 40.5 Å². The van der Waals surface area contributed by atoms with Crippen LogP contribution in [0.5, 0.6) is 0 Å². The maximum Gasteiger partial charge on any atom is 0.353 e. The van der Waals surface area contributed by atoms with Gasteiger partial charge in [-0.15, -0.1) is 23.1 Å². The first-order valence-electron chi connectivity index (χ1n) is 9.91. The highest BCUT2D eigenvalue weighted by Gasteiger charge is 2.55. The quantitative estimate of drug-likeness (QED) is 0.210. The second-order valence-corrected chi connectivity index (χ2v) is 11.1. The average Bonchev–Trinajstić information content (AvgIpc) is 3.20. The molecule has 0 radical (unpaired) electrons. The van der Waals surface area contributed by atoms with Gasteiger partial charge in [0.25, 0.3) is 5.91 Å². The number of ether oxygens (including phenoxy) is 1. The number of thioether (sulfide) groups is 1. The summed E-state index contributed by atoms with van der Waals surface area (Å²) in [5.74, 6) is -2.97. The molecule has 2 amide bonds. The van der Waals surface area contributed by atoms with E-state index in [1.165, 1.54) is 24.1 Å². The summed E-state index contributed by atoms with van der Waals surface area (Å²) in [5, 5.41) is 16.2. The first-order valence-corrected chi connectivity index (χ1v) is 11.7. The Hall–Kier alpha value is -2.87. The van der Waals surface area contributed by atoms with E-state index in [4.69, 9.17) is 15.3 Å². The van der Waals surface area contributed by atoms with Crippen LogP contribution >= 0.6 is 23.1 Å². The molecule has 1 aromatic heterocycles. The van der Waals surface area contributed by atoms with Gasteiger partial charge in [-0.2, -0.15) is 0 Å². The summed E-state index contributed by atoms with van der Waals surface area (Å²) in [6, 6.07) is 0. The Morgan fingerprint density at radius 3 is 2.48 bits per heavy atom. The second kappa shape index (κ2) is 8.82. The fraction of sp³-hybridized carbons (Fsp3) is 0.579. The molecule has 3 heterocycles. The lowest BCUT2D eigenvalue weighted by atomic mass is 10.1. The predicted molar refractivity (Wildman–Crippen MR) is 120 cm³/mol. The Kier molecular flexibility index (Phi) is 6.62. The van der Waals surface area contributed by atoms with Gasteiger partial charge in [0.1, 0.15) is 22.7 Å². The largest absolute Gasteiger partial charge is 0.480 e. The van der Waals surface area contributed by atoms with Crippen molar-refractivity contribution in [2.45, 2.75) is 69.0 Å². The third-order valence-electron chi connectivity index (χ3n) is 4.60. The van der Waals surface area contributed by atoms with E-state index in [1.807, 2.05) is 0 Å². The summed E-state index contributed by atoms with van der Waals surface area (Å²) in [7, 11) is 0. The van der Waals surface area contributed by atoms with Crippen LogP contribution in [-0.2, 0) is 28.8 Å². The number of rotatable bonds is 7. The Bertz CT molecular complexity index is 1020. The Balaban J connectivity index is 1.85. The molecule has 2 fully saturated rings. The zero-order chi connectivity index (χ0) is 24.7. The van der Waals surface area contributed by atoms with Crippen LogP contribution in [0.25, 0.3) is 0 Å². The number of nitrogens with one attached hydrogen (secondary N) is 1. The topological polar surface area (TPSA) is 174 Å². The third-order valence-corrected chi connectivity index (χ3v) is 6.73. The average molecular weight is 500 g/mol. The fourth-order valence-corrected chi connectivity index (χ4v) is 4.95. The van der Waals surface area contributed by atoms with Crippen LogP contribution in [0.15, 0.2) is 10.5 Å². The number of fused-ring (bicyclic) bond motifs is 1. The molecule has 3 atom stereocenters. The van der Waals surface area contributed by atoms with Gasteiger partial charge >= 0.3 is 11.9 Å². The van der Waals surface area contributed by atoms with Crippen molar-refractivity contribution in [1.29, 1.82) is 0 Å². The Morgan fingerprint density at radius 1 is 1.30 bits per heavy atom. The standard InChI is InChI=1S/C19H25N5O7S2/c1-18(2,3)30-16(29)19(4,5)31-23-11(8-7-32-17(20)21-8)14(26)22-13-12(15(27)28)33-10-6-9(25)24(10)13/h7,10,12-13H,6H2,1-5H3,(H2,20,21)(H,22,26)(H,27,28)/b23-11-. The Labute approximate surface area is 197 Å². The monoisotopic (exact) mass is 499 g/mol. The van der Waals surface area contributed by atoms with Crippen molar-refractivity contribution >= 4 is 57.7 Å². The van der Waals surface area contributed by atoms with Crippen molar-refractivity contribution in [3.05, 3.63) is 11.1 Å². The number of thiazole rings is 1. The molecule has 1 aromatic rings. The summed E-state index contributed by atoms with van der Waals surface area (Å²) in [5.41, 5.74) is 3.10. The molecule has 2 aliphatic heterocycles. The maximum atomic E-state index is 13.1. The molecule has 2 aliphatic rings. The van der Waals surface area contributed by atoms with Crippen molar-refractivity contribution in [3.8, 4) is 0 Å². The number of esters is 1. The zero-order valence-corrected chi connectivity index (χ0v) is 20.3. The third kappa shape index (κ3) is 5.38. The predicted octanol–water partition coefficient (Wildman–Crippen LogP) is 0.767. The SMILES string of the molecule is CC(C)(C)OC(=O)C(C)(C)O/N=C(\C(=O)NC1C(C(=O)O)SC2CC(=O)N21)c1csc(N)n1. The van der Waals surface area contributed by atoms with Crippen LogP contribution in [0, 0.1) is 0 Å². The highest BCUT2D eigenvalue weighted by molar-refractivity contribution is 8.01. The number of nitrogen functional groups attached to an aromatic ring is 1. The number of carbonyl (C=O) groups excluding carboxylic acids is 3. The Morgan fingerprint density at radius 2 is 1.97 bits per heavy atom. The second-order valence-electron chi connectivity index (χ2n) is 8.89. The van der Waals surface area contributed by atoms with Crippen molar-refractivity contribution in [2.75, 3.05) is 5.73 Å². The molecule has 180 valence electrons. The number of hydrogen-bond acceptors (Lipinski definition) is 11. The maximum absolute atomic E-state index is 13.1. The number of β-lactam (4-membered cyclic amide) rings is 1. The van der Waals surface area contributed by atoms with Crippen LogP contribution in [0.4, 0.5) is 5.13 Å². The number of nitrogens with zero attached hydrogens (tertiary/aromatic N) is 3. The first kappa shape index (κ1) is 24.8. The molecule has 2 saturated heterocycles. The number of carboxylic acids is 1. The molecular weight excluding hydrogens is 474 g/mol. The minimum absolute atomic E-state index is 0.0685. The molecule has 3 rings (SSSR count). The zero-order valence-electron chi connectivity index (χ0n) is 18.6. The highest BCUT2D eigenvalue weighted by Crippen LogP contribution is 2.43. The van der Waals surface area contributed by atoms with Crippen molar-refractivity contribution in [1.82, 2.24) is 15.2 Å². The van der Waals surface area contributed by atoms with E-state index in [0.717, 1.165) is 23.1 Å². The molecule has 4 N–H and O–H groups in total. The number of anilines is 1. The van der Waals surface area contributed by atoms with Gasteiger partial charge in [-0.3, -0.25) is 14.4 Å². The first-order chi connectivity index (χ1) is 15.2. The lowest BCUT2D eigenvalue weighted by Gasteiger charge is -2.37. The van der Waals surface area contributed by atoms with Crippen LogP contribution in [0.3, 0.4) is 0 Å². The van der Waals surface area contributed by atoms with Crippen molar-refractivity contribution < 1.29 is 33.9 Å². The van der Waals surface area contributed by atoms with Crippen LogP contribution in [0.2, 0.25) is 0 Å². The van der Waals surface area contributed by atoms with Crippen LogP contribution in [0.1, 0.15) is 46.7 Å². The number of carbonyl (C=O) groups is 4. The summed E-state index contributed by atoms with van der Waals surface area (Å²) in [6.07, 6.45) is -0.872. The van der Waals surface area contributed by atoms with Crippen LogP contribution < -0.4 is 11.1 Å². The molecular formula is C19H25N5O7S2. The number of hydrogen-bond donors (Lipinski definition) is 3. The minimum atomic E-state index is -1.55. The van der Waals surface area contributed by atoms with E-state index in [9.17, 15) is 24.3 Å². The van der Waals surface area contributed by atoms with Gasteiger partial charge in [-0.05, 0) is 34.6 Å². The number of carboxylic acid groups (broad SMARTS) is 1. The minimum Gasteiger partial charge on any atom is -0.480 e. The van der Waals surface area contributed by atoms with Gasteiger partial charge in [-0.25, -0.2) is 9.78 Å². The number of aromatic nitrogens is 1. The normalized spacial score (nSPS) is 22.9. The number of amides is 2. The van der Waals surface area contributed by atoms with E-state index >= 15 is 0 Å². The molecule has 14 heteroatoms. The summed E-state index contributed by atoms with van der Waals surface area (Å²) in [6.45, 7) is 7.94. The summed E-state index contributed by atoms with van der Waals surface area (Å²) in [4.78, 5) is 60.0. The van der Waals surface area contributed by atoms with Gasteiger partial charge in [0.15, 0.2) is 10.8 Å².